The second-order valence-electron chi connectivity index (χ2n) is 4.50. The third-order valence-corrected chi connectivity index (χ3v) is 2.37. The van der Waals surface area contributed by atoms with Crippen LogP contribution in [0.1, 0.15) is 36.2 Å². The highest BCUT2D eigenvalue weighted by atomic mass is 16.5. The Balaban J connectivity index is 2.71. The number of hydrogen-bond donors (Lipinski definition) is 1. The maximum atomic E-state index is 11.3. The average Bonchev–Trinajstić information content (AvgIpc) is 2.25. The fourth-order valence-electron chi connectivity index (χ4n) is 1.42. The summed E-state index contributed by atoms with van der Waals surface area (Å²) in [5, 5.41) is 9.61. The molecule has 0 bridgehead atoms. The Morgan fingerprint density at radius 2 is 2.12 bits per heavy atom. The molecule has 0 saturated heterocycles. The number of hydrogen-bond acceptors (Lipinski definition) is 3. The van der Waals surface area contributed by atoms with Crippen LogP contribution in [0, 0.1) is 0 Å². The van der Waals surface area contributed by atoms with Gasteiger partial charge in [0.05, 0.1) is 18.3 Å². The third kappa shape index (κ3) is 4.03. The predicted molar refractivity (Wildman–Crippen MR) is 62.4 cm³/mol. The molecule has 0 spiro atoms. The molecule has 0 atom stereocenters. The minimum absolute atomic E-state index is 0.329. The molecule has 3 heteroatoms. The Morgan fingerprint density at radius 3 is 2.69 bits per heavy atom. The van der Waals surface area contributed by atoms with Crippen molar-refractivity contribution in [2.45, 2.75) is 32.3 Å². The van der Waals surface area contributed by atoms with E-state index in [0.717, 1.165) is 12.0 Å². The van der Waals surface area contributed by atoms with E-state index in [1.165, 1.54) is 7.11 Å². The van der Waals surface area contributed by atoms with Crippen LogP contribution in [0.15, 0.2) is 24.3 Å². The highest BCUT2D eigenvalue weighted by Gasteiger charge is 2.13. The first-order valence-corrected chi connectivity index (χ1v) is 5.32. The quantitative estimate of drug-likeness (QED) is 0.794. The fourth-order valence-corrected chi connectivity index (χ4v) is 1.42. The van der Waals surface area contributed by atoms with E-state index in [9.17, 15) is 9.90 Å². The monoisotopic (exact) mass is 222 g/mol. The van der Waals surface area contributed by atoms with Gasteiger partial charge < -0.3 is 9.84 Å². The SMILES string of the molecule is COC(=O)c1cccc(CCC(C)(C)O)c1. The molecule has 16 heavy (non-hydrogen) atoms. The lowest BCUT2D eigenvalue weighted by molar-refractivity contribution is 0.0600. The number of carbonyl (C=O) groups excluding carboxylic acids is 1. The summed E-state index contributed by atoms with van der Waals surface area (Å²) in [5.41, 5.74) is 0.905. The third-order valence-electron chi connectivity index (χ3n) is 2.37. The van der Waals surface area contributed by atoms with Gasteiger partial charge in [-0.3, -0.25) is 0 Å². The summed E-state index contributed by atoms with van der Waals surface area (Å²) in [6.45, 7) is 3.55. The zero-order valence-electron chi connectivity index (χ0n) is 9.99. The first-order valence-electron chi connectivity index (χ1n) is 5.32. The molecule has 1 rings (SSSR count). The van der Waals surface area contributed by atoms with Crippen LogP contribution >= 0.6 is 0 Å². The molecule has 0 heterocycles. The van der Waals surface area contributed by atoms with Crippen LogP contribution in [-0.2, 0) is 11.2 Å². The Kier molecular flexibility index (Phi) is 4.07. The first-order chi connectivity index (χ1) is 7.42. The van der Waals surface area contributed by atoms with E-state index in [-0.39, 0.29) is 5.97 Å². The van der Waals surface area contributed by atoms with E-state index in [0.29, 0.717) is 12.0 Å². The Morgan fingerprint density at radius 1 is 1.44 bits per heavy atom. The van der Waals surface area contributed by atoms with E-state index < -0.39 is 5.60 Å². The van der Waals surface area contributed by atoms with Crippen LogP contribution in [0.3, 0.4) is 0 Å². The van der Waals surface area contributed by atoms with Crippen molar-refractivity contribution >= 4 is 5.97 Å². The largest absolute Gasteiger partial charge is 0.465 e. The summed E-state index contributed by atoms with van der Waals surface area (Å²) in [7, 11) is 1.37. The van der Waals surface area contributed by atoms with Gasteiger partial charge in [0.1, 0.15) is 0 Å². The Labute approximate surface area is 96.1 Å². The van der Waals surface area contributed by atoms with Crippen molar-refractivity contribution in [3.63, 3.8) is 0 Å². The van der Waals surface area contributed by atoms with Crippen LogP contribution in [0.5, 0.6) is 0 Å². The van der Waals surface area contributed by atoms with Gasteiger partial charge in [0.2, 0.25) is 0 Å². The fraction of sp³-hybridized carbons (Fsp3) is 0.462. The van der Waals surface area contributed by atoms with Gasteiger partial charge in [-0.05, 0) is 44.4 Å². The van der Waals surface area contributed by atoms with Gasteiger partial charge in [0.25, 0.3) is 0 Å². The molecule has 0 aliphatic rings. The first kappa shape index (κ1) is 12.7. The van der Waals surface area contributed by atoms with Crippen LogP contribution in [0.2, 0.25) is 0 Å². The van der Waals surface area contributed by atoms with Crippen molar-refractivity contribution in [3.8, 4) is 0 Å². The van der Waals surface area contributed by atoms with Crippen molar-refractivity contribution < 1.29 is 14.6 Å². The summed E-state index contributed by atoms with van der Waals surface area (Å²) in [5.74, 6) is -0.329. The lowest BCUT2D eigenvalue weighted by Crippen LogP contribution is -2.19. The zero-order chi connectivity index (χ0) is 12.2. The molecule has 0 amide bonds. The molecule has 0 unspecified atom stereocenters. The maximum Gasteiger partial charge on any atom is 0.337 e. The van der Waals surface area contributed by atoms with E-state index in [1.807, 2.05) is 12.1 Å². The standard InChI is InChI=1S/C13H18O3/c1-13(2,15)8-7-10-5-4-6-11(9-10)12(14)16-3/h4-6,9,15H,7-8H2,1-3H3. The average molecular weight is 222 g/mol. The van der Waals surface area contributed by atoms with Gasteiger partial charge >= 0.3 is 5.97 Å². The molecule has 0 fully saturated rings. The van der Waals surface area contributed by atoms with Gasteiger partial charge in [-0.1, -0.05) is 12.1 Å². The second-order valence-corrected chi connectivity index (χ2v) is 4.50. The maximum absolute atomic E-state index is 11.3. The minimum Gasteiger partial charge on any atom is -0.465 e. The lowest BCUT2D eigenvalue weighted by Gasteiger charge is -2.16. The van der Waals surface area contributed by atoms with E-state index in [4.69, 9.17) is 0 Å². The number of rotatable bonds is 4. The van der Waals surface area contributed by atoms with Crippen molar-refractivity contribution in [2.24, 2.45) is 0 Å². The van der Waals surface area contributed by atoms with Crippen LogP contribution in [-0.4, -0.2) is 23.8 Å². The van der Waals surface area contributed by atoms with Gasteiger partial charge in [-0.2, -0.15) is 0 Å². The van der Waals surface area contributed by atoms with Crippen LogP contribution in [0.4, 0.5) is 0 Å². The smallest absolute Gasteiger partial charge is 0.337 e. The van der Waals surface area contributed by atoms with Crippen molar-refractivity contribution in [1.29, 1.82) is 0 Å². The molecule has 0 aliphatic heterocycles. The van der Waals surface area contributed by atoms with Gasteiger partial charge in [0, 0.05) is 0 Å². The van der Waals surface area contributed by atoms with Gasteiger partial charge in [-0.25, -0.2) is 4.79 Å². The molecule has 88 valence electrons. The number of esters is 1. The van der Waals surface area contributed by atoms with Crippen molar-refractivity contribution in [1.82, 2.24) is 0 Å². The van der Waals surface area contributed by atoms with Crippen molar-refractivity contribution in [3.05, 3.63) is 35.4 Å². The van der Waals surface area contributed by atoms with Crippen molar-refractivity contribution in [2.75, 3.05) is 7.11 Å². The topological polar surface area (TPSA) is 46.5 Å². The summed E-state index contributed by atoms with van der Waals surface area (Å²) in [4.78, 5) is 11.3. The number of methoxy groups -OCH3 is 1. The number of aliphatic hydroxyl groups is 1. The summed E-state index contributed by atoms with van der Waals surface area (Å²) in [6, 6.07) is 7.29. The van der Waals surface area contributed by atoms with E-state index >= 15 is 0 Å². The van der Waals surface area contributed by atoms with E-state index in [1.54, 1.807) is 26.0 Å². The lowest BCUT2D eigenvalue weighted by atomic mass is 9.98. The highest BCUT2D eigenvalue weighted by molar-refractivity contribution is 5.89. The molecular formula is C13H18O3. The van der Waals surface area contributed by atoms with Gasteiger partial charge in [0.15, 0.2) is 0 Å². The number of ether oxygens (including phenoxy) is 1. The number of aryl methyl sites for hydroxylation is 1. The minimum atomic E-state index is -0.679. The van der Waals surface area contributed by atoms with Crippen LogP contribution in [0.25, 0.3) is 0 Å². The van der Waals surface area contributed by atoms with E-state index in [2.05, 4.69) is 4.74 Å². The zero-order valence-corrected chi connectivity index (χ0v) is 9.99. The molecule has 1 aromatic carbocycles. The second kappa shape index (κ2) is 5.12. The summed E-state index contributed by atoms with van der Waals surface area (Å²) < 4.78 is 4.65. The molecule has 0 aromatic heterocycles. The molecule has 3 nitrogen and oxygen atoms in total. The molecule has 0 radical (unpaired) electrons. The number of benzene rings is 1. The summed E-state index contributed by atoms with van der Waals surface area (Å²) >= 11 is 0. The van der Waals surface area contributed by atoms with Gasteiger partial charge in [-0.15, -0.1) is 0 Å². The Bertz CT molecular complexity index is 364. The molecule has 1 aromatic rings. The molecular weight excluding hydrogens is 204 g/mol. The Hall–Kier alpha value is -1.35. The van der Waals surface area contributed by atoms with Crippen LogP contribution < -0.4 is 0 Å². The highest BCUT2D eigenvalue weighted by Crippen LogP contribution is 2.14. The normalized spacial score (nSPS) is 11.2. The molecule has 0 saturated carbocycles. The number of carbonyl (C=O) groups is 1. The summed E-state index contributed by atoms with van der Waals surface area (Å²) in [6.07, 6.45) is 1.41. The predicted octanol–water partition coefficient (Wildman–Crippen LogP) is 2.18. The molecule has 1 N–H and O–H groups in total. The molecule has 0 aliphatic carbocycles.